The largest absolute Gasteiger partial charge is 0.378 e. The first-order chi connectivity index (χ1) is 5.77. The molecule has 1 fully saturated rings. The van der Waals surface area contributed by atoms with Crippen LogP contribution in [-0.4, -0.2) is 18.9 Å². The first-order valence-corrected chi connectivity index (χ1v) is 5.03. The van der Waals surface area contributed by atoms with E-state index in [1.54, 1.807) is 0 Å². The zero-order valence-corrected chi connectivity index (χ0v) is 8.53. The summed E-state index contributed by atoms with van der Waals surface area (Å²) in [5.74, 6) is 0. The molecule has 1 aliphatic heterocycles. The maximum absolute atomic E-state index is 13.4. The fourth-order valence-electron chi connectivity index (χ4n) is 1.25. The average molecular weight is 176 g/mol. The minimum Gasteiger partial charge on any atom is -0.378 e. The smallest absolute Gasteiger partial charge is 0.134 e. The van der Waals surface area contributed by atoms with Crippen LogP contribution >= 0.6 is 0 Å². The molecule has 0 radical (unpaired) electrons. The fraction of sp³-hybridized carbons (Fsp3) is 1.00. The molecule has 0 N–H and O–H groups in total. The quantitative estimate of drug-likeness (QED) is 0.595. The van der Waals surface area contributed by atoms with Crippen molar-refractivity contribution in [3.63, 3.8) is 0 Å². The van der Waals surface area contributed by atoms with Gasteiger partial charge in [-0.15, -0.1) is 0 Å². The molecular formula is C10H21FO. The lowest BCUT2D eigenvalue weighted by Crippen LogP contribution is -2.26. The normalized spacial score (nSPS) is 30.0. The van der Waals surface area contributed by atoms with Crippen LogP contribution in [0.1, 0.15) is 46.5 Å². The van der Waals surface area contributed by atoms with Crippen molar-refractivity contribution in [1.29, 1.82) is 0 Å². The van der Waals surface area contributed by atoms with Gasteiger partial charge in [-0.25, -0.2) is 4.39 Å². The van der Waals surface area contributed by atoms with Crippen molar-refractivity contribution in [1.82, 2.24) is 0 Å². The summed E-state index contributed by atoms with van der Waals surface area (Å²) in [6.45, 7) is 6.93. The van der Waals surface area contributed by atoms with E-state index in [-0.39, 0.29) is 0 Å². The number of halogens is 1. The van der Waals surface area contributed by atoms with Gasteiger partial charge in [0, 0.05) is 6.61 Å². The molecule has 0 aromatic heterocycles. The summed E-state index contributed by atoms with van der Waals surface area (Å²) in [7, 11) is 0. The molecule has 0 amide bonds. The summed E-state index contributed by atoms with van der Waals surface area (Å²) < 4.78 is 18.6. The minimum atomic E-state index is -1.02. The molecule has 1 heterocycles. The zero-order chi connectivity index (χ0) is 9.45. The van der Waals surface area contributed by atoms with Crippen LogP contribution in [0.3, 0.4) is 0 Å². The predicted octanol–water partition coefficient (Wildman–Crippen LogP) is 3.33. The first kappa shape index (κ1) is 11.9. The summed E-state index contributed by atoms with van der Waals surface area (Å²) in [6, 6.07) is 0. The number of hydrogen-bond acceptors (Lipinski definition) is 1. The van der Waals surface area contributed by atoms with Crippen LogP contribution < -0.4 is 0 Å². The maximum Gasteiger partial charge on any atom is 0.134 e. The second kappa shape index (κ2) is 6.41. The van der Waals surface area contributed by atoms with Crippen molar-refractivity contribution in [2.45, 2.75) is 52.1 Å². The highest BCUT2D eigenvalue weighted by atomic mass is 19.1. The molecule has 12 heavy (non-hydrogen) atoms. The van der Waals surface area contributed by atoms with E-state index in [0.717, 1.165) is 19.4 Å². The summed E-state index contributed by atoms with van der Waals surface area (Å²) in [5, 5.41) is 0. The third kappa shape index (κ3) is 4.05. The van der Waals surface area contributed by atoms with E-state index in [4.69, 9.17) is 4.74 Å². The van der Waals surface area contributed by atoms with Crippen LogP contribution in [0.25, 0.3) is 0 Å². The average Bonchev–Trinajstić information content (AvgIpc) is 2.35. The second-order valence-electron chi connectivity index (χ2n) is 3.01. The van der Waals surface area contributed by atoms with E-state index in [1.165, 1.54) is 0 Å². The van der Waals surface area contributed by atoms with Crippen molar-refractivity contribution in [3.8, 4) is 0 Å². The topological polar surface area (TPSA) is 9.23 Å². The van der Waals surface area contributed by atoms with Gasteiger partial charge in [0.1, 0.15) is 5.67 Å². The molecule has 1 aliphatic rings. The Balaban J connectivity index is 0.000000561. The fourth-order valence-corrected chi connectivity index (χ4v) is 1.25. The van der Waals surface area contributed by atoms with E-state index in [1.807, 2.05) is 20.8 Å². The van der Waals surface area contributed by atoms with Gasteiger partial charge in [-0.05, 0) is 25.7 Å². The molecule has 74 valence electrons. The SMILES string of the molecule is CC.CCC1(F)CCCCOC1. The molecule has 1 rings (SSSR count). The molecule has 1 unspecified atom stereocenters. The summed E-state index contributed by atoms with van der Waals surface area (Å²) in [4.78, 5) is 0. The van der Waals surface area contributed by atoms with Crippen molar-refractivity contribution < 1.29 is 9.13 Å². The van der Waals surface area contributed by atoms with Crippen LogP contribution in [0.2, 0.25) is 0 Å². The number of alkyl halides is 1. The van der Waals surface area contributed by atoms with E-state index in [9.17, 15) is 4.39 Å². The molecule has 0 aromatic rings. The molecule has 0 aromatic carbocycles. The lowest BCUT2D eigenvalue weighted by atomic mass is 9.98. The van der Waals surface area contributed by atoms with Gasteiger partial charge in [0.15, 0.2) is 0 Å². The third-order valence-corrected chi connectivity index (χ3v) is 2.16. The Morgan fingerprint density at radius 2 is 2.00 bits per heavy atom. The number of rotatable bonds is 1. The molecule has 2 heteroatoms. The Kier molecular flexibility index (Phi) is 6.35. The van der Waals surface area contributed by atoms with Gasteiger partial charge < -0.3 is 4.74 Å². The van der Waals surface area contributed by atoms with E-state index < -0.39 is 5.67 Å². The Hall–Kier alpha value is -0.110. The first-order valence-electron chi connectivity index (χ1n) is 5.03. The van der Waals surface area contributed by atoms with Gasteiger partial charge in [-0.3, -0.25) is 0 Å². The standard InChI is InChI=1S/C8H15FO.C2H6/c1-2-8(9)5-3-4-6-10-7-8;1-2/h2-7H2,1H3;1-2H3. The molecule has 0 bridgehead atoms. The predicted molar refractivity (Wildman–Crippen MR) is 50.1 cm³/mol. The third-order valence-electron chi connectivity index (χ3n) is 2.16. The Labute approximate surface area is 75.3 Å². The van der Waals surface area contributed by atoms with Crippen LogP contribution in [0.4, 0.5) is 4.39 Å². The molecule has 1 nitrogen and oxygen atoms in total. The Morgan fingerprint density at radius 1 is 1.33 bits per heavy atom. The molecule has 1 saturated heterocycles. The Bertz CT molecular complexity index is 96.0. The summed E-state index contributed by atoms with van der Waals surface area (Å²) in [6.07, 6.45) is 3.27. The lowest BCUT2D eigenvalue weighted by molar-refractivity contribution is 0.0264. The van der Waals surface area contributed by atoms with Gasteiger partial charge in [0.25, 0.3) is 0 Å². The molecule has 0 aliphatic carbocycles. The van der Waals surface area contributed by atoms with Crippen molar-refractivity contribution in [3.05, 3.63) is 0 Å². The van der Waals surface area contributed by atoms with Crippen molar-refractivity contribution >= 4 is 0 Å². The van der Waals surface area contributed by atoms with Crippen LogP contribution in [0.5, 0.6) is 0 Å². The molecular weight excluding hydrogens is 155 g/mol. The monoisotopic (exact) mass is 176 g/mol. The molecule has 1 atom stereocenters. The molecule has 0 spiro atoms. The molecule has 0 saturated carbocycles. The lowest BCUT2D eigenvalue weighted by Gasteiger charge is -2.20. The Morgan fingerprint density at radius 3 is 2.58 bits per heavy atom. The van der Waals surface area contributed by atoms with Gasteiger partial charge in [-0.2, -0.15) is 0 Å². The van der Waals surface area contributed by atoms with Gasteiger partial charge in [-0.1, -0.05) is 20.8 Å². The number of hydrogen-bond donors (Lipinski definition) is 0. The summed E-state index contributed by atoms with van der Waals surface area (Å²) in [5.41, 5.74) is -1.02. The second-order valence-corrected chi connectivity index (χ2v) is 3.01. The van der Waals surface area contributed by atoms with Crippen LogP contribution in [0.15, 0.2) is 0 Å². The zero-order valence-electron chi connectivity index (χ0n) is 8.53. The highest BCUT2D eigenvalue weighted by molar-refractivity contribution is 4.78. The van der Waals surface area contributed by atoms with Gasteiger partial charge in [0.2, 0.25) is 0 Å². The van der Waals surface area contributed by atoms with Gasteiger partial charge in [0.05, 0.1) is 6.61 Å². The van der Waals surface area contributed by atoms with Gasteiger partial charge >= 0.3 is 0 Å². The number of ether oxygens (including phenoxy) is 1. The highest BCUT2D eigenvalue weighted by Crippen LogP contribution is 2.26. The van der Waals surface area contributed by atoms with Crippen molar-refractivity contribution in [2.24, 2.45) is 0 Å². The minimum absolute atomic E-state index is 0.309. The summed E-state index contributed by atoms with van der Waals surface area (Å²) >= 11 is 0. The maximum atomic E-state index is 13.4. The van der Waals surface area contributed by atoms with E-state index in [0.29, 0.717) is 19.4 Å². The van der Waals surface area contributed by atoms with Crippen molar-refractivity contribution in [2.75, 3.05) is 13.2 Å². The van der Waals surface area contributed by atoms with E-state index >= 15 is 0 Å². The highest BCUT2D eigenvalue weighted by Gasteiger charge is 2.28. The van der Waals surface area contributed by atoms with E-state index in [2.05, 4.69) is 0 Å². The van der Waals surface area contributed by atoms with Crippen LogP contribution in [0, 0.1) is 0 Å². The van der Waals surface area contributed by atoms with Crippen LogP contribution in [-0.2, 0) is 4.74 Å².